The van der Waals surface area contributed by atoms with E-state index in [2.05, 4.69) is 26.9 Å². The molecular weight excluding hydrogens is 425 g/mol. The summed E-state index contributed by atoms with van der Waals surface area (Å²) in [6, 6.07) is 6.23. The van der Waals surface area contributed by atoms with Gasteiger partial charge in [-0.25, -0.2) is 4.79 Å². The van der Waals surface area contributed by atoms with E-state index in [0.717, 1.165) is 69.4 Å². The minimum absolute atomic E-state index is 0.244. The molecule has 178 valence electrons. The van der Waals surface area contributed by atoms with Crippen molar-refractivity contribution in [1.29, 1.82) is 0 Å². The Kier molecular flexibility index (Phi) is 7.44. The molecular formula is C22H31F3N4O3. The number of likely N-dealkylation sites (N-methyl/N-ethyl adjacent to an activating group) is 1. The second-order valence-electron chi connectivity index (χ2n) is 9.00. The van der Waals surface area contributed by atoms with Crippen LogP contribution in [0.3, 0.4) is 0 Å². The van der Waals surface area contributed by atoms with Gasteiger partial charge in [-0.1, -0.05) is 6.07 Å². The second kappa shape index (κ2) is 9.74. The summed E-state index contributed by atoms with van der Waals surface area (Å²) in [6.45, 7) is 7.94. The Morgan fingerprint density at radius 3 is 2.34 bits per heavy atom. The lowest BCUT2D eigenvalue weighted by Gasteiger charge is -2.52. The Hall–Kier alpha value is -2.20. The number of carboxylic acids is 1. The average Bonchev–Trinajstić information content (AvgIpc) is 3.54. The third kappa shape index (κ3) is 5.98. The Balaban J connectivity index is 0.000000360. The molecule has 1 spiro atoms. The molecule has 32 heavy (non-hydrogen) atoms. The fourth-order valence-corrected chi connectivity index (χ4v) is 4.48. The van der Waals surface area contributed by atoms with Gasteiger partial charge >= 0.3 is 12.1 Å². The molecule has 1 aromatic rings. The molecule has 2 saturated heterocycles. The van der Waals surface area contributed by atoms with Crippen molar-refractivity contribution in [3.63, 3.8) is 0 Å². The van der Waals surface area contributed by atoms with Crippen LogP contribution in [0.4, 0.5) is 13.2 Å². The maximum Gasteiger partial charge on any atom is 0.490 e. The molecule has 1 amide bonds. The molecule has 3 heterocycles. The van der Waals surface area contributed by atoms with Crippen LogP contribution < -0.4 is 0 Å². The summed E-state index contributed by atoms with van der Waals surface area (Å²) in [7, 11) is 1.97. The van der Waals surface area contributed by atoms with Gasteiger partial charge in [0.05, 0.1) is 5.69 Å². The Bertz CT molecular complexity index is 821. The van der Waals surface area contributed by atoms with Crippen molar-refractivity contribution in [3.8, 4) is 0 Å². The molecule has 0 radical (unpaired) electrons. The number of alkyl halides is 3. The van der Waals surface area contributed by atoms with Crippen LogP contribution in [-0.4, -0.2) is 88.2 Å². The highest BCUT2D eigenvalue weighted by Gasteiger charge is 2.50. The van der Waals surface area contributed by atoms with Gasteiger partial charge in [0.15, 0.2) is 0 Å². The number of pyridine rings is 1. The number of rotatable bonds is 4. The van der Waals surface area contributed by atoms with E-state index < -0.39 is 12.1 Å². The lowest BCUT2D eigenvalue weighted by Crippen LogP contribution is -2.68. The van der Waals surface area contributed by atoms with Crippen LogP contribution in [0.1, 0.15) is 37.1 Å². The zero-order valence-corrected chi connectivity index (χ0v) is 18.6. The first-order valence-corrected chi connectivity index (χ1v) is 11.0. The van der Waals surface area contributed by atoms with Crippen molar-refractivity contribution >= 4 is 11.9 Å². The first-order valence-electron chi connectivity index (χ1n) is 11.0. The highest BCUT2D eigenvalue weighted by Crippen LogP contribution is 2.38. The number of aliphatic carboxylic acids is 1. The minimum atomic E-state index is -5.08. The molecule has 1 aromatic heterocycles. The topological polar surface area (TPSA) is 77.0 Å². The molecule has 3 aliphatic rings. The molecule has 3 fully saturated rings. The summed E-state index contributed by atoms with van der Waals surface area (Å²) in [5, 5.41) is 7.12. The number of hydrogen-bond acceptors (Lipinski definition) is 5. The summed E-state index contributed by atoms with van der Waals surface area (Å²) in [6.07, 6.45) is -0.479. The molecule has 1 aliphatic carbocycles. The van der Waals surface area contributed by atoms with Crippen LogP contribution >= 0.6 is 0 Å². The second-order valence-corrected chi connectivity index (χ2v) is 9.00. The predicted octanol–water partition coefficient (Wildman–Crippen LogP) is 2.54. The quantitative estimate of drug-likeness (QED) is 0.751. The number of piperidine rings is 1. The van der Waals surface area contributed by atoms with Gasteiger partial charge in [-0.05, 0) is 50.7 Å². The van der Waals surface area contributed by atoms with Gasteiger partial charge in [-0.3, -0.25) is 19.6 Å². The Morgan fingerprint density at radius 1 is 1.19 bits per heavy atom. The lowest BCUT2D eigenvalue weighted by atomic mass is 9.82. The van der Waals surface area contributed by atoms with Gasteiger partial charge < -0.3 is 10.0 Å². The van der Waals surface area contributed by atoms with Crippen LogP contribution in [-0.2, 0) is 16.1 Å². The SMILES string of the molecule is Cc1cccc(CN2CCC3(CC2)C(=O)N(C)CCN3CC2CC2)n1.O=C(O)C(F)(F)F. The number of aromatic nitrogens is 1. The normalized spacial score (nSPS) is 21.9. The smallest absolute Gasteiger partial charge is 0.475 e. The van der Waals surface area contributed by atoms with Gasteiger partial charge in [0.1, 0.15) is 5.54 Å². The third-order valence-corrected chi connectivity index (χ3v) is 6.49. The maximum atomic E-state index is 13.1. The van der Waals surface area contributed by atoms with Crippen molar-refractivity contribution in [2.45, 2.75) is 50.9 Å². The van der Waals surface area contributed by atoms with Crippen molar-refractivity contribution < 1.29 is 27.9 Å². The minimum Gasteiger partial charge on any atom is -0.475 e. The molecule has 0 atom stereocenters. The number of aryl methyl sites for hydroxylation is 1. The molecule has 7 nitrogen and oxygen atoms in total. The fraction of sp³-hybridized carbons (Fsp3) is 0.682. The zero-order valence-electron chi connectivity index (χ0n) is 18.6. The van der Waals surface area contributed by atoms with E-state index >= 15 is 0 Å². The van der Waals surface area contributed by atoms with Crippen molar-refractivity contribution in [2.75, 3.05) is 39.8 Å². The first kappa shape index (κ1) is 24.4. The fourth-order valence-electron chi connectivity index (χ4n) is 4.48. The number of carbonyl (C=O) groups is 2. The summed E-state index contributed by atoms with van der Waals surface area (Å²) in [4.78, 5) is 33.6. The van der Waals surface area contributed by atoms with Crippen LogP contribution in [0.2, 0.25) is 0 Å². The average molecular weight is 457 g/mol. The highest BCUT2D eigenvalue weighted by molar-refractivity contribution is 5.87. The van der Waals surface area contributed by atoms with Crippen LogP contribution in [0.5, 0.6) is 0 Å². The van der Waals surface area contributed by atoms with Crippen LogP contribution in [0.15, 0.2) is 18.2 Å². The molecule has 1 saturated carbocycles. The van der Waals surface area contributed by atoms with E-state index in [9.17, 15) is 18.0 Å². The number of nitrogens with zero attached hydrogens (tertiary/aromatic N) is 4. The van der Waals surface area contributed by atoms with Crippen molar-refractivity contribution in [1.82, 2.24) is 19.7 Å². The van der Waals surface area contributed by atoms with E-state index in [1.54, 1.807) is 0 Å². The number of halogens is 3. The number of hydrogen-bond donors (Lipinski definition) is 1. The van der Waals surface area contributed by atoms with Gasteiger partial charge in [0.2, 0.25) is 5.91 Å². The van der Waals surface area contributed by atoms with Crippen molar-refractivity contribution in [3.05, 3.63) is 29.6 Å². The standard InChI is InChI=1S/C20H30N4O.C2HF3O2/c1-16-4-3-5-18(21-16)15-23-10-8-20(9-11-23)19(25)22(2)12-13-24(20)14-17-6-7-17;3-2(4,5)1(6)7/h3-5,17H,6-15H2,1-2H3;(H,6,7). The van der Waals surface area contributed by atoms with Crippen molar-refractivity contribution in [2.24, 2.45) is 5.92 Å². The van der Waals surface area contributed by atoms with Gasteiger partial charge in [-0.2, -0.15) is 13.2 Å². The first-order chi connectivity index (χ1) is 15.0. The highest BCUT2D eigenvalue weighted by atomic mass is 19.4. The largest absolute Gasteiger partial charge is 0.490 e. The monoisotopic (exact) mass is 456 g/mol. The third-order valence-electron chi connectivity index (χ3n) is 6.49. The lowest BCUT2D eigenvalue weighted by molar-refractivity contribution is -0.192. The van der Waals surface area contributed by atoms with E-state index in [0.29, 0.717) is 5.91 Å². The molecule has 0 aromatic carbocycles. The Labute approximate surface area is 186 Å². The number of amides is 1. The Morgan fingerprint density at radius 2 is 1.81 bits per heavy atom. The van der Waals surface area contributed by atoms with E-state index in [-0.39, 0.29) is 5.54 Å². The molecule has 2 aliphatic heterocycles. The molecule has 1 N–H and O–H groups in total. The molecule has 0 bridgehead atoms. The predicted molar refractivity (Wildman–Crippen MR) is 112 cm³/mol. The van der Waals surface area contributed by atoms with Gasteiger partial charge in [-0.15, -0.1) is 0 Å². The molecule has 4 rings (SSSR count). The van der Waals surface area contributed by atoms with Crippen LogP contribution in [0.25, 0.3) is 0 Å². The number of piperazine rings is 1. The van der Waals surface area contributed by atoms with Crippen LogP contribution in [0, 0.1) is 12.8 Å². The summed E-state index contributed by atoms with van der Waals surface area (Å²) in [5.41, 5.74) is 1.97. The molecule has 0 unspecified atom stereocenters. The van der Waals surface area contributed by atoms with E-state index in [1.807, 2.05) is 24.9 Å². The molecule has 10 heteroatoms. The summed E-state index contributed by atoms with van der Waals surface area (Å²) < 4.78 is 31.7. The summed E-state index contributed by atoms with van der Waals surface area (Å²) >= 11 is 0. The van der Waals surface area contributed by atoms with E-state index in [1.165, 1.54) is 12.8 Å². The number of carbonyl (C=O) groups excluding carboxylic acids is 1. The maximum absolute atomic E-state index is 13.1. The van der Waals surface area contributed by atoms with Gasteiger partial charge in [0, 0.05) is 52.0 Å². The summed E-state index contributed by atoms with van der Waals surface area (Å²) in [5.74, 6) is -1.57. The van der Waals surface area contributed by atoms with E-state index in [4.69, 9.17) is 9.90 Å². The zero-order chi connectivity index (χ0) is 23.5. The number of likely N-dealkylation sites (tertiary alicyclic amines) is 1. The number of carboxylic acid groups (broad SMARTS) is 1. The van der Waals surface area contributed by atoms with Gasteiger partial charge in [0.25, 0.3) is 0 Å².